The molecule has 23 heavy (non-hydrogen) atoms. The van der Waals surface area contributed by atoms with Crippen LogP contribution in [0.2, 0.25) is 5.02 Å². The fourth-order valence-electron chi connectivity index (χ4n) is 2.19. The number of halogens is 1. The second-order valence-corrected chi connectivity index (χ2v) is 7.45. The first kappa shape index (κ1) is 15.7. The van der Waals surface area contributed by atoms with Gasteiger partial charge in [-0.1, -0.05) is 11.6 Å². The Kier molecular flexibility index (Phi) is 3.96. The van der Waals surface area contributed by atoms with Crippen molar-refractivity contribution in [1.29, 1.82) is 5.26 Å². The van der Waals surface area contributed by atoms with E-state index in [0.29, 0.717) is 11.6 Å². The summed E-state index contributed by atoms with van der Waals surface area (Å²) in [6, 6.07) is 7.77. The number of nitrogens with zero attached hydrogens (tertiary/aromatic N) is 3. The van der Waals surface area contributed by atoms with Crippen LogP contribution >= 0.6 is 11.6 Å². The first-order chi connectivity index (χ1) is 10.9. The van der Waals surface area contributed by atoms with Gasteiger partial charge in [0.2, 0.25) is 5.95 Å². The summed E-state index contributed by atoms with van der Waals surface area (Å²) in [6.45, 7) is 1.79. The fourth-order valence-corrected chi connectivity index (χ4v) is 3.68. The first-order valence-electron chi connectivity index (χ1n) is 6.97. The maximum absolute atomic E-state index is 12.5. The van der Waals surface area contributed by atoms with E-state index in [2.05, 4.69) is 14.7 Å². The van der Waals surface area contributed by atoms with Gasteiger partial charge in [-0.2, -0.15) is 5.26 Å². The number of sulfonamides is 1. The minimum atomic E-state index is -3.92. The van der Waals surface area contributed by atoms with Crippen molar-refractivity contribution in [3.8, 4) is 6.07 Å². The van der Waals surface area contributed by atoms with Gasteiger partial charge in [-0.25, -0.2) is 23.1 Å². The van der Waals surface area contributed by atoms with Crippen LogP contribution in [0.15, 0.2) is 29.2 Å². The van der Waals surface area contributed by atoms with Gasteiger partial charge in [-0.3, -0.25) is 0 Å². The molecule has 1 saturated carbocycles. The number of aromatic nitrogens is 2. The molecule has 118 valence electrons. The van der Waals surface area contributed by atoms with Crippen molar-refractivity contribution in [2.24, 2.45) is 0 Å². The molecule has 0 spiro atoms. The van der Waals surface area contributed by atoms with Gasteiger partial charge in [0.15, 0.2) is 0 Å². The summed E-state index contributed by atoms with van der Waals surface area (Å²) in [7, 11) is -3.92. The van der Waals surface area contributed by atoms with E-state index in [1.165, 1.54) is 18.2 Å². The quantitative estimate of drug-likeness (QED) is 0.916. The minimum Gasteiger partial charge on any atom is -0.247 e. The Morgan fingerprint density at radius 1 is 1.30 bits per heavy atom. The lowest BCUT2D eigenvalue weighted by Crippen LogP contribution is -2.16. The lowest BCUT2D eigenvalue weighted by Gasteiger charge is -2.10. The maximum atomic E-state index is 12.5. The van der Waals surface area contributed by atoms with Crippen LogP contribution in [0, 0.1) is 18.3 Å². The molecular weight excluding hydrogens is 336 g/mol. The zero-order valence-electron chi connectivity index (χ0n) is 12.2. The number of nitrogens with one attached hydrogen (secondary N) is 1. The molecule has 6 nitrogen and oxygen atoms in total. The summed E-state index contributed by atoms with van der Waals surface area (Å²) in [4.78, 5) is 8.28. The predicted molar refractivity (Wildman–Crippen MR) is 85.7 cm³/mol. The third kappa shape index (κ3) is 3.44. The summed E-state index contributed by atoms with van der Waals surface area (Å²) >= 11 is 5.97. The van der Waals surface area contributed by atoms with Gasteiger partial charge in [0.25, 0.3) is 10.0 Å². The smallest absolute Gasteiger partial charge is 0.247 e. The second-order valence-electron chi connectivity index (χ2n) is 5.39. The molecule has 0 radical (unpaired) electrons. The van der Waals surface area contributed by atoms with Gasteiger partial charge in [-0.15, -0.1) is 0 Å². The van der Waals surface area contributed by atoms with Crippen LogP contribution in [0.1, 0.15) is 35.7 Å². The molecule has 1 aromatic heterocycles. The molecule has 1 aromatic carbocycles. The van der Waals surface area contributed by atoms with Crippen molar-refractivity contribution in [3.05, 3.63) is 46.2 Å². The molecule has 1 heterocycles. The Morgan fingerprint density at radius 3 is 2.65 bits per heavy atom. The van der Waals surface area contributed by atoms with Gasteiger partial charge in [-0.05, 0) is 44.0 Å². The number of aryl methyl sites for hydroxylation is 1. The number of hydrogen-bond acceptors (Lipinski definition) is 5. The summed E-state index contributed by atoms with van der Waals surface area (Å²) < 4.78 is 27.3. The average molecular weight is 349 g/mol. The molecular formula is C15H13ClN4O2S. The Labute approximate surface area is 139 Å². The van der Waals surface area contributed by atoms with E-state index in [9.17, 15) is 8.42 Å². The molecule has 8 heteroatoms. The molecule has 1 N–H and O–H groups in total. The highest BCUT2D eigenvalue weighted by atomic mass is 35.5. The largest absolute Gasteiger partial charge is 0.265 e. The van der Waals surface area contributed by atoms with Crippen molar-refractivity contribution >= 4 is 27.6 Å². The summed E-state index contributed by atoms with van der Waals surface area (Å²) in [5, 5.41) is 8.79. The normalized spacial score (nSPS) is 14.3. The molecule has 0 aliphatic heterocycles. The molecule has 0 saturated heterocycles. The van der Waals surface area contributed by atoms with Gasteiger partial charge in [0, 0.05) is 17.3 Å². The maximum Gasteiger partial charge on any atom is 0.265 e. The van der Waals surface area contributed by atoms with E-state index >= 15 is 0 Å². The van der Waals surface area contributed by atoms with Crippen LogP contribution < -0.4 is 4.72 Å². The summed E-state index contributed by atoms with van der Waals surface area (Å²) in [5.41, 5.74) is 1.84. The number of nitriles is 1. The monoisotopic (exact) mass is 348 g/mol. The number of anilines is 1. The Balaban J connectivity index is 1.94. The third-order valence-electron chi connectivity index (χ3n) is 3.45. The van der Waals surface area contributed by atoms with Crippen molar-refractivity contribution < 1.29 is 8.42 Å². The summed E-state index contributed by atoms with van der Waals surface area (Å²) in [5.74, 6) is 0.422. The molecule has 0 atom stereocenters. The van der Waals surface area contributed by atoms with Crippen LogP contribution in [-0.4, -0.2) is 18.4 Å². The van der Waals surface area contributed by atoms with Crippen molar-refractivity contribution in [2.45, 2.75) is 30.6 Å². The highest BCUT2D eigenvalue weighted by molar-refractivity contribution is 7.92. The van der Waals surface area contributed by atoms with E-state index in [-0.39, 0.29) is 21.4 Å². The Bertz CT molecular complexity index is 918. The lowest BCUT2D eigenvalue weighted by atomic mass is 10.2. The van der Waals surface area contributed by atoms with Gasteiger partial charge in [0.1, 0.15) is 4.90 Å². The number of hydrogen-bond donors (Lipinski definition) is 1. The lowest BCUT2D eigenvalue weighted by molar-refractivity contribution is 0.601. The number of rotatable bonds is 4. The highest BCUT2D eigenvalue weighted by Gasteiger charge is 2.27. The molecule has 0 unspecified atom stereocenters. The van der Waals surface area contributed by atoms with Crippen molar-refractivity contribution in [1.82, 2.24) is 9.97 Å². The van der Waals surface area contributed by atoms with E-state index in [1.54, 1.807) is 6.92 Å². The SMILES string of the molecule is Cc1cc(C2CC2)nc(NS(=O)(=O)c2ccc(C#N)cc2Cl)n1. The predicted octanol–water partition coefficient (Wildman–Crippen LogP) is 2.99. The molecule has 2 aromatic rings. The fraction of sp³-hybridized carbons (Fsp3) is 0.267. The van der Waals surface area contributed by atoms with Gasteiger partial charge >= 0.3 is 0 Å². The molecule has 1 fully saturated rings. The Hall–Kier alpha value is -2.17. The standard InChI is InChI=1S/C15H13ClN4O2S/c1-9-6-13(11-3-4-11)19-15(18-9)20-23(21,22)14-5-2-10(8-17)7-12(14)16/h2,5-7,11H,3-4H2,1H3,(H,18,19,20). The zero-order chi connectivity index (χ0) is 16.6. The third-order valence-corrected chi connectivity index (χ3v) is 5.26. The molecule has 0 amide bonds. The Morgan fingerprint density at radius 2 is 2.04 bits per heavy atom. The van der Waals surface area contributed by atoms with Crippen molar-refractivity contribution in [3.63, 3.8) is 0 Å². The zero-order valence-corrected chi connectivity index (χ0v) is 13.8. The van der Waals surface area contributed by atoms with E-state index in [4.69, 9.17) is 16.9 Å². The van der Waals surface area contributed by atoms with Crippen LogP contribution in [0.3, 0.4) is 0 Å². The average Bonchev–Trinajstić information content (AvgIpc) is 3.30. The molecule has 1 aliphatic rings. The van der Waals surface area contributed by atoms with E-state index in [1.807, 2.05) is 12.1 Å². The van der Waals surface area contributed by atoms with Gasteiger partial charge in [0.05, 0.1) is 16.7 Å². The van der Waals surface area contributed by atoms with Crippen LogP contribution in [0.5, 0.6) is 0 Å². The first-order valence-corrected chi connectivity index (χ1v) is 8.83. The summed E-state index contributed by atoms with van der Waals surface area (Å²) in [6.07, 6.45) is 2.12. The number of benzene rings is 1. The van der Waals surface area contributed by atoms with Crippen LogP contribution in [0.4, 0.5) is 5.95 Å². The minimum absolute atomic E-state index is 0.0216. The van der Waals surface area contributed by atoms with E-state index < -0.39 is 10.0 Å². The molecule has 0 bridgehead atoms. The second kappa shape index (κ2) is 5.80. The topological polar surface area (TPSA) is 95.7 Å². The van der Waals surface area contributed by atoms with Crippen LogP contribution in [0.25, 0.3) is 0 Å². The highest BCUT2D eigenvalue weighted by Crippen LogP contribution is 2.39. The van der Waals surface area contributed by atoms with Gasteiger partial charge < -0.3 is 0 Å². The van der Waals surface area contributed by atoms with Crippen LogP contribution in [-0.2, 0) is 10.0 Å². The van der Waals surface area contributed by atoms with E-state index in [0.717, 1.165) is 18.5 Å². The molecule has 1 aliphatic carbocycles. The van der Waals surface area contributed by atoms with Crippen molar-refractivity contribution in [2.75, 3.05) is 4.72 Å². The molecule has 3 rings (SSSR count).